The van der Waals surface area contributed by atoms with Crippen LogP contribution in [-0.2, 0) is 24.0 Å². The van der Waals surface area contributed by atoms with E-state index in [1.165, 1.54) is 7.05 Å². The lowest BCUT2D eigenvalue weighted by Gasteiger charge is -2.07. The molecule has 14 heteroatoms. The number of hydrogen-bond acceptors (Lipinski definition) is 9. The molecule has 31 heavy (non-hydrogen) atoms. The number of unbranched alkanes of at least 4 members (excludes halogenated alkanes) is 1. The van der Waals surface area contributed by atoms with Crippen LogP contribution in [0.4, 0.5) is 0 Å². The second-order valence-corrected chi connectivity index (χ2v) is 6.06. The third kappa shape index (κ3) is 29.5. The molecule has 0 bridgehead atoms. The van der Waals surface area contributed by atoms with Gasteiger partial charge in [0.25, 0.3) is 0 Å². The predicted molar refractivity (Wildman–Crippen MR) is 109 cm³/mol. The Morgan fingerprint density at radius 2 is 1.35 bits per heavy atom. The van der Waals surface area contributed by atoms with Gasteiger partial charge < -0.3 is 47.6 Å². The summed E-state index contributed by atoms with van der Waals surface area (Å²) in [5.74, 6) is -4.85. The van der Waals surface area contributed by atoms with Crippen LogP contribution >= 0.6 is 0 Å². The van der Waals surface area contributed by atoms with E-state index in [1.807, 2.05) is 0 Å². The molecule has 0 aromatic carbocycles. The average molecular weight is 454 g/mol. The van der Waals surface area contributed by atoms with Crippen LogP contribution in [0.25, 0.3) is 0 Å². The predicted octanol–water partition coefficient (Wildman–Crippen LogP) is -1.81. The van der Waals surface area contributed by atoms with Crippen LogP contribution in [0.15, 0.2) is 0 Å². The minimum Gasteiger partial charge on any atom is -0.481 e. The Kier molecular flexibility index (Phi) is 23.2. The fourth-order valence-electron chi connectivity index (χ4n) is 1.68. The largest absolute Gasteiger partial charge is 0.481 e. The molecule has 0 aliphatic carbocycles. The van der Waals surface area contributed by atoms with Crippen LogP contribution in [-0.4, -0.2) is 94.1 Å². The van der Waals surface area contributed by atoms with Gasteiger partial charge in [0.1, 0.15) is 12.1 Å². The molecule has 0 amide bonds. The number of nitrogens with one attached hydrogen (secondary N) is 2. The molecule has 0 unspecified atom stereocenters. The van der Waals surface area contributed by atoms with Crippen LogP contribution in [0.5, 0.6) is 0 Å². The number of aliphatic carboxylic acids is 5. The topological polar surface area (TPSA) is 263 Å². The Bertz CT molecular complexity index is 529. The summed E-state index contributed by atoms with van der Waals surface area (Å²) in [5.41, 5.74) is 10.4. The molecule has 0 aliphatic rings. The first-order valence-corrected chi connectivity index (χ1v) is 9.33. The van der Waals surface area contributed by atoms with Crippen molar-refractivity contribution in [2.24, 2.45) is 11.5 Å². The first-order valence-electron chi connectivity index (χ1n) is 9.33. The summed E-state index contributed by atoms with van der Waals surface area (Å²) in [6, 6.07) is -1.47. The normalized spacial score (nSPS) is 11.6. The number of carboxylic acids is 5. The third-order valence-corrected chi connectivity index (χ3v) is 3.37. The fourth-order valence-corrected chi connectivity index (χ4v) is 1.68. The summed E-state index contributed by atoms with van der Waals surface area (Å²) in [6.45, 7) is 0.612. The lowest BCUT2D eigenvalue weighted by Crippen LogP contribution is -2.34. The van der Waals surface area contributed by atoms with E-state index in [0.717, 1.165) is 12.8 Å². The van der Waals surface area contributed by atoms with Gasteiger partial charge in [-0.2, -0.15) is 0 Å². The van der Waals surface area contributed by atoms with E-state index < -0.39 is 41.9 Å². The van der Waals surface area contributed by atoms with Crippen LogP contribution < -0.4 is 22.1 Å². The summed E-state index contributed by atoms with van der Waals surface area (Å²) in [7, 11) is 1.49. The maximum Gasteiger partial charge on any atom is 0.320 e. The number of carboxylic acid groups (broad SMARTS) is 5. The van der Waals surface area contributed by atoms with Gasteiger partial charge in [-0.15, -0.1) is 0 Å². The monoisotopic (exact) mass is 454 g/mol. The molecule has 0 aromatic heterocycles. The van der Waals surface area contributed by atoms with Crippen molar-refractivity contribution in [3.63, 3.8) is 0 Å². The lowest BCUT2D eigenvalue weighted by molar-refractivity contribution is -0.141. The zero-order valence-electron chi connectivity index (χ0n) is 17.5. The minimum atomic E-state index is -1.02. The van der Waals surface area contributed by atoms with Gasteiger partial charge in [-0.3, -0.25) is 24.0 Å². The quantitative estimate of drug-likeness (QED) is 0.123. The van der Waals surface area contributed by atoms with Gasteiger partial charge in [0.2, 0.25) is 0 Å². The van der Waals surface area contributed by atoms with E-state index in [1.54, 1.807) is 0 Å². The average Bonchev–Trinajstić information content (AvgIpc) is 2.66. The molecule has 0 rings (SSSR count). The van der Waals surface area contributed by atoms with E-state index in [0.29, 0.717) is 13.0 Å². The molecule has 0 radical (unpaired) electrons. The molecule has 0 saturated carbocycles. The number of rotatable bonds is 15. The second kappa shape index (κ2) is 21.9. The first kappa shape index (κ1) is 32.8. The van der Waals surface area contributed by atoms with Crippen molar-refractivity contribution in [1.82, 2.24) is 10.6 Å². The SMILES string of the molecule is CN[C@@H](CCC(=O)O)C(=O)O.NCCCC[C@@H](N)C(=O)O.O=C(O)CCNCC(=O)O. The summed E-state index contributed by atoms with van der Waals surface area (Å²) >= 11 is 0. The molecule has 0 aromatic rings. The van der Waals surface area contributed by atoms with E-state index in [9.17, 15) is 24.0 Å². The van der Waals surface area contributed by atoms with E-state index >= 15 is 0 Å². The van der Waals surface area contributed by atoms with Crippen molar-refractivity contribution in [2.75, 3.05) is 26.7 Å². The lowest BCUT2D eigenvalue weighted by atomic mass is 10.1. The molecule has 0 saturated heterocycles. The van der Waals surface area contributed by atoms with E-state index in [2.05, 4.69) is 10.6 Å². The Morgan fingerprint density at radius 1 is 0.806 bits per heavy atom. The van der Waals surface area contributed by atoms with Crippen molar-refractivity contribution >= 4 is 29.8 Å². The van der Waals surface area contributed by atoms with Crippen LogP contribution in [0.1, 0.15) is 38.5 Å². The standard InChI is InChI=1S/C6H14N2O2.C6H11NO4.C5H9NO4/c7-4-2-1-3-5(8)6(9)10;1-7-4(6(10)11)2-3-5(8)9;7-4(8)1-2-6-3-5(9)10/h5H,1-4,7-8H2,(H,9,10);4,7H,2-3H2,1H3,(H,8,9)(H,10,11);6H,1-3H2,(H,7,8)(H,9,10)/t5-;4-;/m10./s1. The van der Waals surface area contributed by atoms with Gasteiger partial charge in [-0.05, 0) is 32.9 Å². The Hall–Kier alpha value is -2.81. The highest BCUT2D eigenvalue weighted by Crippen LogP contribution is 1.97. The molecule has 2 atom stereocenters. The van der Waals surface area contributed by atoms with Crippen LogP contribution in [0.3, 0.4) is 0 Å². The first-order chi connectivity index (χ1) is 14.4. The van der Waals surface area contributed by atoms with Gasteiger partial charge >= 0.3 is 29.8 Å². The van der Waals surface area contributed by atoms with Gasteiger partial charge in [0, 0.05) is 13.0 Å². The zero-order chi connectivity index (χ0) is 24.8. The molecule has 0 spiro atoms. The Morgan fingerprint density at radius 3 is 1.71 bits per heavy atom. The number of likely N-dealkylation sites (N-methyl/N-ethyl adjacent to an activating group) is 1. The Labute approximate surface area is 179 Å². The number of hydrogen-bond donors (Lipinski definition) is 9. The third-order valence-electron chi connectivity index (χ3n) is 3.37. The summed E-state index contributed by atoms with van der Waals surface area (Å²) in [5, 5.41) is 46.1. The van der Waals surface area contributed by atoms with Crippen molar-refractivity contribution in [2.45, 2.75) is 50.6 Å². The molecular formula is C17H34N4O10. The van der Waals surface area contributed by atoms with Gasteiger partial charge in [-0.25, -0.2) is 0 Å². The van der Waals surface area contributed by atoms with Gasteiger partial charge in [-0.1, -0.05) is 6.42 Å². The maximum absolute atomic E-state index is 10.3. The highest BCUT2D eigenvalue weighted by Gasteiger charge is 2.15. The van der Waals surface area contributed by atoms with Crippen molar-refractivity contribution in [3.05, 3.63) is 0 Å². The molecule has 14 nitrogen and oxygen atoms in total. The smallest absolute Gasteiger partial charge is 0.320 e. The zero-order valence-corrected chi connectivity index (χ0v) is 17.5. The van der Waals surface area contributed by atoms with Gasteiger partial charge in [0.15, 0.2) is 0 Å². The van der Waals surface area contributed by atoms with Crippen LogP contribution in [0, 0.1) is 0 Å². The van der Waals surface area contributed by atoms with Gasteiger partial charge in [0.05, 0.1) is 13.0 Å². The maximum atomic E-state index is 10.3. The fraction of sp³-hybridized carbons (Fsp3) is 0.706. The van der Waals surface area contributed by atoms with Crippen molar-refractivity contribution in [1.29, 1.82) is 0 Å². The summed E-state index contributed by atoms with van der Waals surface area (Å²) in [4.78, 5) is 50.1. The second-order valence-electron chi connectivity index (χ2n) is 6.06. The number of nitrogens with two attached hydrogens (primary N) is 2. The molecule has 182 valence electrons. The molecule has 0 fully saturated rings. The van der Waals surface area contributed by atoms with E-state index in [-0.39, 0.29) is 32.4 Å². The minimum absolute atomic E-state index is 0.0483. The summed E-state index contributed by atoms with van der Waals surface area (Å²) < 4.78 is 0. The van der Waals surface area contributed by atoms with E-state index in [4.69, 9.17) is 37.0 Å². The molecular weight excluding hydrogens is 420 g/mol. The van der Waals surface area contributed by atoms with Crippen molar-refractivity contribution < 1.29 is 49.5 Å². The summed E-state index contributed by atoms with van der Waals surface area (Å²) in [6.07, 6.45) is 2.10. The molecule has 0 aliphatic heterocycles. The molecule has 11 N–H and O–H groups in total. The van der Waals surface area contributed by atoms with Crippen molar-refractivity contribution in [3.8, 4) is 0 Å². The van der Waals surface area contributed by atoms with Crippen LogP contribution in [0.2, 0.25) is 0 Å². The highest BCUT2D eigenvalue weighted by molar-refractivity contribution is 5.75. The number of carbonyl (C=O) groups is 5. The highest BCUT2D eigenvalue weighted by atomic mass is 16.4. The molecule has 0 heterocycles. The Balaban J connectivity index is -0.000000380.